The van der Waals surface area contributed by atoms with Crippen LogP contribution in [-0.4, -0.2) is 18.5 Å². The van der Waals surface area contributed by atoms with E-state index in [-0.39, 0.29) is 5.83 Å². The van der Waals surface area contributed by atoms with Gasteiger partial charge in [0.15, 0.2) is 0 Å². The molecular formula is C18H20FN. The largest absolute Gasteiger partial charge is 0.298 e. The van der Waals surface area contributed by atoms with E-state index in [9.17, 15) is 4.39 Å². The van der Waals surface area contributed by atoms with E-state index in [1.54, 1.807) is 0 Å². The van der Waals surface area contributed by atoms with Crippen molar-refractivity contribution < 1.29 is 4.39 Å². The van der Waals surface area contributed by atoms with Gasteiger partial charge in [0.25, 0.3) is 0 Å². The summed E-state index contributed by atoms with van der Waals surface area (Å²) in [7, 11) is 2.01. The maximum absolute atomic E-state index is 13.8. The molecule has 0 fully saturated rings. The molecule has 0 N–H and O–H groups in total. The molecule has 0 radical (unpaired) electrons. The van der Waals surface area contributed by atoms with Gasteiger partial charge in [-0.2, -0.15) is 0 Å². The summed E-state index contributed by atoms with van der Waals surface area (Å²) in [5.74, 6) is -0.115. The van der Waals surface area contributed by atoms with Crippen molar-refractivity contribution in [1.29, 1.82) is 0 Å². The number of hydrogen-bond acceptors (Lipinski definition) is 1. The van der Waals surface area contributed by atoms with E-state index in [0.717, 1.165) is 17.7 Å². The zero-order valence-electron chi connectivity index (χ0n) is 12.0. The summed E-state index contributed by atoms with van der Waals surface area (Å²) >= 11 is 0. The Morgan fingerprint density at radius 3 is 2.05 bits per heavy atom. The molecule has 0 amide bonds. The number of benzene rings is 2. The Kier molecular flexibility index (Phi) is 5.08. The molecule has 2 aromatic carbocycles. The summed E-state index contributed by atoms with van der Waals surface area (Å²) in [6.07, 6.45) is 0. The Balaban J connectivity index is 2.08. The van der Waals surface area contributed by atoms with Crippen molar-refractivity contribution in [1.82, 2.24) is 4.90 Å². The zero-order valence-corrected chi connectivity index (χ0v) is 12.0. The van der Waals surface area contributed by atoms with Crippen LogP contribution in [0, 0.1) is 0 Å². The first-order valence-electron chi connectivity index (χ1n) is 6.80. The quantitative estimate of drug-likeness (QED) is 0.771. The average Bonchev–Trinajstić information content (AvgIpc) is 2.46. The molecule has 0 saturated carbocycles. The minimum atomic E-state index is -0.115. The van der Waals surface area contributed by atoms with Crippen molar-refractivity contribution >= 4 is 5.57 Å². The fourth-order valence-electron chi connectivity index (χ4n) is 2.26. The molecule has 104 valence electrons. The summed E-state index contributed by atoms with van der Waals surface area (Å²) in [6.45, 7) is 2.93. The van der Waals surface area contributed by atoms with Crippen molar-refractivity contribution in [2.24, 2.45) is 0 Å². The fraction of sp³-hybridized carbons (Fsp3) is 0.222. The number of halogens is 1. The van der Waals surface area contributed by atoms with Crippen LogP contribution in [0.1, 0.15) is 18.1 Å². The van der Waals surface area contributed by atoms with Gasteiger partial charge in [-0.05, 0) is 25.1 Å². The third-order valence-corrected chi connectivity index (χ3v) is 3.26. The minimum Gasteiger partial charge on any atom is -0.298 e. The lowest BCUT2D eigenvalue weighted by Crippen LogP contribution is -2.20. The Labute approximate surface area is 120 Å². The molecule has 0 heterocycles. The van der Waals surface area contributed by atoms with Crippen LogP contribution in [0.15, 0.2) is 66.5 Å². The highest BCUT2D eigenvalue weighted by atomic mass is 19.1. The molecule has 0 aliphatic carbocycles. The second-order valence-electron chi connectivity index (χ2n) is 5.04. The Hall–Kier alpha value is -1.93. The zero-order chi connectivity index (χ0) is 14.4. The van der Waals surface area contributed by atoms with Gasteiger partial charge in [-0.1, -0.05) is 60.7 Å². The molecule has 0 atom stereocenters. The van der Waals surface area contributed by atoms with Crippen molar-refractivity contribution in [3.05, 3.63) is 77.6 Å². The van der Waals surface area contributed by atoms with Gasteiger partial charge in [-0.3, -0.25) is 4.90 Å². The molecule has 0 bridgehead atoms. The first kappa shape index (κ1) is 14.5. The molecule has 0 unspecified atom stereocenters. The number of hydrogen-bond donors (Lipinski definition) is 0. The summed E-state index contributed by atoms with van der Waals surface area (Å²) < 4.78 is 13.8. The smallest absolute Gasteiger partial charge is 0.102 e. The second kappa shape index (κ2) is 7.01. The van der Waals surface area contributed by atoms with E-state index in [1.165, 1.54) is 12.5 Å². The number of nitrogens with zero attached hydrogens (tertiary/aromatic N) is 1. The van der Waals surface area contributed by atoms with Gasteiger partial charge in [-0.25, -0.2) is 4.39 Å². The topological polar surface area (TPSA) is 3.24 Å². The molecule has 0 aliphatic heterocycles. The van der Waals surface area contributed by atoms with Crippen LogP contribution in [0.5, 0.6) is 0 Å². The van der Waals surface area contributed by atoms with E-state index in [2.05, 4.69) is 17.0 Å². The molecule has 0 spiro atoms. The van der Waals surface area contributed by atoms with Gasteiger partial charge in [0.1, 0.15) is 5.83 Å². The van der Waals surface area contributed by atoms with Crippen LogP contribution in [0.2, 0.25) is 0 Å². The molecule has 2 rings (SSSR count). The Bertz CT molecular complexity index is 556. The predicted molar refractivity (Wildman–Crippen MR) is 82.9 cm³/mol. The number of rotatable bonds is 5. The lowest BCUT2D eigenvalue weighted by Gasteiger charge is -2.19. The fourth-order valence-corrected chi connectivity index (χ4v) is 2.26. The van der Waals surface area contributed by atoms with E-state index >= 15 is 0 Å². The molecule has 0 aliphatic rings. The first-order valence-corrected chi connectivity index (χ1v) is 6.80. The number of allylic oxidation sites excluding steroid dienone is 1. The van der Waals surface area contributed by atoms with E-state index in [0.29, 0.717) is 6.54 Å². The van der Waals surface area contributed by atoms with Crippen LogP contribution in [0.3, 0.4) is 0 Å². The highest BCUT2D eigenvalue weighted by Gasteiger charge is 2.09. The third-order valence-electron chi connectivity index (χ3n) is 3.26. The van der Waals surface area contributed by atoms with Gasteiger partial charge in [0, 0.05) is 18.7 Å². The van der Waals surface area contributed by atoms with Gasteiger partial charge in [0.2, 0.25) is 0 Å². The van der Waals surface area contributed by atoms with Crippen LogP contribution < -0.4 is 0 Å². The normalized spacial score (nSPS) is 12.4. The van der Waals surface area contributed by atoms with E-state index < -0.39 is 0 Å². The highest BCUT2D eigenvalue weighted by molar-refractivity contribution is 5.68. The molecule has 1 nitrogen and oxygen atoms in total. The van der Waals surface area contributed by atoms with Gasteiger partial charge in [0.05, 0.1) is 0 Å². The molecule has 2 aromatic rings. The maximum Gasteiger partial charge on any atom is 0.102 e. The first-order chi connectivity index (χ1) is 9.66. The molecule has 0 saturated heterocycles. The molecule has 2 heteroatoms. The lowest BCUT2D eigenvalue weighted by molar-refractivity contribution is 0.366. The molecule has 0 aromatic heterocycles. The van der Waals surface area contributed by atoms with Crippen molar-refractivity contribution in [2.75, 3.05) is 13.6 Å². The SMILES string of the molecule is CC(F)=C(CN(C)Cc1ccccc1)c1ccccc1. The predicted octanol–water partition coefficient (Wildman–Crippen LogP) is 4.52. The van der Waals surface area contributed by atoms with Crippen LogP contribution in [0.25, 0.3) is 5.57 Å². The van der Waals surface area contributed by atoms with Crippen molar-refractivity contribution in [3.63, 3.8) is 0 Å². The van der Waals surface area contributed by atoms with Crippen LogP contribution in [-0.2, 0) is 6.54 Å². The van der Waals surface area contributed by atoms with Crippen molar-refractivity contribution in [2.45, 2.75) is 13.5 Å². The van der Waals surface area contributed by atoms with E-state index in [1.807, 2.05) is 55.6 Å². The Morgan fingerprint density at radius 2 is 1.50 bits per heavy atom. The van der Waals surface area contributed by atoms with E-state index in [4.69, 9.17) is 0 Å². The average molecular weight is 269 g/mol. The molecule has 20 heavy (non-hydrogen) atoms. The van der Waals surface area contributed by atoms with Crippen molar-refractivity contribution in [3.8, 4) is 0 Å². The van der Waals surface area contributed by atoms with Crippen LogP contribution >= 0.6 is 0 Å². The molecular weight excluding hydrogens is 249 g/mol. The summed E-state index contributed by atoms with van der Waals surface area (Å²) in [5, 5.41) is 0. The standard InChI is InChI=1S/C18H20FN/c1-15(19)18(17-11-7-4-8-12-17)14-20(2)13-16-9-5-3-6-10-16/h3-12H,13-14H2,1-2H3. The monoisotopic (exact) mass is 269 g/mol. The van der Waals surface area contributed by atoms with Gasteiger partial charge >= 0.3 is 0 Å². The summed E-state index contributed by atoms with van der Waals surface area (Å²) in [5.41, 5.74) is 2.94. The third kappa shape index (κ3) is 4.04. The lowest BCUT2D eigenvalue weighted by atomic mass is 10.0. The van der Waals surface area contributed by atoms with Crippen LogP contribution in [0.4, 0.5) is 4.39 Å². The second-order valence-corrected chi connectivity index (χ2v) is 5.04. The number of likely N-dealkylation sites (N-methyl/N-ethyl adjacent to an activating group) is 1. The van der Waals surface area contributed by atoms with Gasteiger partial charge < -0.3 is 0 Å². The minimum absolute atomic E-state index is 0.115. The summed E-state index contributed by atoms with van der Waals surface area (Å²) in [4.78, 5) is 2.13. The maximum atomic E-state index is 13.8. The highest BCUT2D eigenvalue weighted by Crippen LogP contribution is 2.21. The van der Waals surface area contributed by atoms with Gasteiger partial charge in [-0.15, -0.1) is 0 Å². The Morgan fingerprint density at radius 1 is 0.950 bits per heavy atom. The summed E-state index contributed by atoms with van der Waals surface area (Å²) in [6, 6.07) is 20.0.